The Labute approximate surface area is 175 Å². The summed E-state index contributed by atoms with van der Waals surface area (Å²) in [4.78, 5) is 18.6. The second kappa shape index (κ2) is 9.64. The number of hydrogen-bond donors (Lipinski definition) is 0. The molecule has 1 aromatic rings. The normalized spacial score (nSPS) is 24.9. The van der Waals surface area contributed by atoms with Gasteiger partial charge in [-0.05, 0) is 89.2 Å². The molecule has 29 heavy (non-hydrogen) atoms. The van der Waals surface area contributed by atoms with Gasteiger partial charge in [-0.2, -0.15) is 0 Å². The maximum absolute atomic E-state index is 12.4. The SMILES string of the molecule is C=C[C@H]1CC[C@H](Cc2cncc(OC[C@@H]3CCCN3C(=O)OC(C)(C)C)c2)CC1. The van der Waals surface area contributed by atoms with Crippen molar-refractivity contribution >= 4 is 6.09 Å². The van der Waals surface area contributed by atoms with Crippen LogP contribution in [0.1, 0.15) is 64.9 Å². The van der Waals surface area contributed by atoms with Crippen LogP contribution in [0.3, 0.4) is 0 Å². The van der Waals surface area contributed by atoms with E-state index in [-0.39, 0.29) is 12.1 Å². The highest BCUT2D eigenvalue weighted by atomic mass is 16.6. The van der Waals surface area contributed by atoms with Crippen molar-refractivity contribution in [2.75, 3.05) is 13.2 Å². The number of pyridine rings is 1. The Morgan fingerprint density at radius 2 is 2.00 bits per heavy atom. The second-order valence-corrected chi connectivity index (χ2v) is 9.53. The Morgan fingerprint density at radius 3 is 2.69 bits per heavy atom. The van der Waals surface area contributed by atoms with Gasteiger partial charge >= 0.3 is 6.09 Å². The van der Waals surface area contributed by atoms with E-state index < -0.39 is 5.60 Å². The Kier molecular flexibility index (Phi) is 7.20. The molecule has 1 amide bonds. The topological polar surface area (TPSA) is 51.7 Å². The molecule has 1 aliphatic heterocycles. The van der Waals surface area contributed by atoms with Crippen molar-refractivity contribution < 1.29 is 14.3 Å². The fourth-order valence-corrected chi connectivity index (χ4v) is 4.38. The highest BCUT2D eigenvalue weighted by Gasteiger charge is 2.32. The van der Waals surface area contributed by atoms with E-state index in [0.29, 0.717) is 12.5 Å². The molecule has 5 heteroatoms. The average molecular weight is 401 g/mol. The van der Waals surface area contributed by atoms with E-state index in [4.69, 9.17) is 9.47 Å². The van der Waals surface area contributed by atoms with E-state index in [1.165, 1.54) is 31.2 Å². The smallest absolute Gasteiger partial charge is 0.410 e. The number of amides is 1. The van der Waals surface area contributed by atoms with Gasteiger partial charge < -0.3 is 14.4 Å². The Balaban J connectivity index is 1.51. The number of hydrogen-bond acceptors (Lipinski definition) is 4. The molecule has 1 aromatic heterocycles. The Morgan fingerprint density at radius 1 is 1.24 bits per heavy atom. The molecule has 1 atom stereocenters. The first-order valence-electron chi connectivity index (χ1n) is 11.0. The molecule has 1 saturated heterocycles. The number of rotatable bonds is 6. The summed E-state index contributed by atoms with van der Waals surface area (Å²) in [7, 11) is 0. The zero-order valence-electron chi connectivity index (χ0n) is 18.2. The fraction of sp³-hybridized carbons (Fsp3) is 0.667. The number of nitrogens with zero attached hydrogens (tertiary/aromatic N) is 2. The van der Waals surface area contributed by atoms with Crippen molar-refractivity contribution in [2.24, 2.45) is 11.8 Å². The van der Waals surface area contributed by atoms with Crippen LogP contribution in [0.2, 0.25) is 0 Å². The van der Waals surface area contributed by atoms with Crippen molar-refractivity contribution in [1.29, 1.82) is 0 Å². The molecule has 160 valence electrons. The van der Waals surface area contributed by atoms with Gasteiger partial charge in [0.25, 0.3) is 0 Å². The minimum Gasteiger partial charge on any atom is -0.490 e. The molecular formula is C24H36N2O3. The second-order valence-electron chi connectivity index (χ2n) is 9.53. The first-order valence-corrected chi connectivity index (χ1v) is 11.0. The van der Waals surface area contributed by atoms with Gasteiger partial charge in [-0.15, -0.1) is 6.58 Å². The number of carbonyl (C=O) groups is 1. The van der Waals surface area contributed by atoms with Crippen LogP contribution in [0.25, 0.3) is 0 Å². The van der Waals surface area contributed by atoms with Crippen molar-refractivity contribution in [3.8, 4) is 5.75 Å². The van der Waals surface area contributed by atoms with E-state index >= 15 is 0 Å². The highest BCUT2D eigenvalue weighted by Crippen LogP contribution is 2.32. The minimum absolute atomic E-state index is 0.0580. The third kappa shape index (κ3) is 6.48. The number of allylic oxidation sites excluding steroid dienone is 1. The van der Waals surface area contributed by atoms with Crippen LogP contribution in [0.4, 0.5) is 4.79 Å². The largest absolute Gasteiger partial charge is 0.490 e. The van der Waals surface area contributed by atoms with Gasteiger partial charge in [-0.25, -0.2) is 4.79 Å². The predicted molar refractivity (Wildman–Crippen MR) is 115 cm³/mol. The van der Waals surface area contributed by atoms with E-state index in [1.807, 2.05) is 27.0 Å². The molecule has 0 radical (unpaired) electrons. The Bertz CT molecular complexity index is 690. The van der Waals surface area contributed by atoms with E-state index in [2.05, 4.69) is 23.7 Å². The van der Waals surface area contributed by atoms with Crippen molar-refractivity contribution in [3.63, 3.8) is 0 Å². The molecule has 3 rings (SSSR count). The van der Waals surface area contributed by atoms with Crippen molar-refractivity contribution in [3.05, 3.63) is 36.7 Å². The summed E-state index contributed by atoms with van der Waals surface area (Å²) < 4.78 is 11.6. The Hall–Kier alpha value is -2.04. The monoisotopic (exact) mass is 400 g/mol. The standard InChI is InChI=1S/C24H36N2O3/c1-5-18-8-10-19(11-9-18)13-20-14-22(16-25-15-20)28-17-21-7-6-12-26(21)23(27)29-24(2,3)4/h5,14-16,18-19,21H,1,6-13,17H2,2-4H3/t18-,19-,21-/m0/s1. The van der Waals surface area contributed by atoms with Gasteiger partial charge in [0.05, 0.1) is 12.2 Å². The van der Waals surface area contributed by atoms with Gasteiger partial charge in [0.2, 0.25) is 0 Å². The molecule has 1 saturated carbocycles. The lowest BCUT2D eigenvalue weighted by Crippen LogP contribution is -2.42. The number of likely N-dealkylation sites (tertiary alicyclic amines) is 1. The van der Waals surface area contributed by atoms with Crippen LogP contribution in [0.5, 0.6) is 5.75 Å². The summed E-state index contributed by atoms with van der Waals surface area (Å²) in [5.74, 6) is 2.21. The lowest BCUT2D eigenvalue weighted by atomic mass is 9.79. The lowest BCUT2D eigenvalue weighted by Gasteiger charge is -2.28. The van der Waals surface area contributed by atoms with E-state index in [1.54, 1.807) is 11.1 Å². The molecular weight excluding hydrogens is 364 g/mol. The number of aromatic nitrogens is 1. The van der Waals surface area contributed by atoms with E-state index in [9.17, 15) is 4.79 Å². The highest BCUT2D eigenvalue weighted by molar-refractivity contribution is 5.69. The summed E-state index contributed by atoms with van der Waals surface area (Å²) in [5.41, 5.74) is 0.758. The predicted octanol–water partition coefficient (Wildman–Crippen LogP) is 5.39. The van der Waals surface area contributed by atoms with Gasteiger partial charge in [0, 0.05) is 12.7 Å². The van der Waals surface area contributed by atoms with Gasteiger partial charge in [-0.1, -0.05) is 6.08 Å². The molecule has 5 nitrogen and oxygen atoms in total. The summed E-state index contributed by atoms with van der Waals surface area (Å²) in [5, 5.41) is 0. The molecule has 0 unspecified atom stereocenters. The minimum atomic E-state index is -0.478. The van der Waals surface area contributed by atoms with Crippen LogP contribution in [0, 0.1) is 11.8 Å². The molecule has 1 aliphatic carbocycles. The van der Waals surface area contributed by atoms with Crippen LogP contribution < -0.4 is 4.74 Å². The molecule has 2 aliphatic rings. The third-order valence-electron chi connectivity index (χ3n) is 5.97. The van der Waals surface area contributed by atoms with Gasteiger partial charge in [-0.3, -0.25) is 4.98 Å². The first-order chi connectivity index (χ1) is 13.8. The summed E-state index contributed by atoms with van der Waals surface area (Å²) in [6.07, 6.45) is 13.6. The zero-order valence-corrected chi connectivity index (χ0v) is 18.2. The van der Waals surface area contributed by atoms with E-state index in [0.717, 1.165) is 37.5 Å². The first kappa shape index (κ1) is 21.7. The zero-order chi connectivity index (χ0) is 20.9. The van der Waals surface area contributed by atoms with Crippen molar-refractivity contribution in [2.45, 2.75) is 77.4 Å². The molecule has 0 spiro atoms. The summed E-state index contributed by atoms with van der Waals surface area (Å²) in [6, 6.07) is 2.17. The fourth-order valence-electron chi connectivity index (χ4n) is 4.38. The van der Waals surface area contributed by atoms with Crippen molar-refractivity contribution in [1.82, 2.24) is 9.88 Å². The molecule has 0 N–H and O–H groups in total. The molecule has 2 fully saturated rings. The maximum atomic E-state index is 12.4. The summed E-state index contributed by atoms with van der Waals surface area (Å²) >= 11 is 0. The van der Waals surface area contributed by atoms with Gasteiger partial charge in [0.1, 0.15) is 18.0 Å². The lowest BCUT2D eigenvalue weighted by molar-refractivity contribution is 0.0187. The molecule has 0 aromatic carbocycles. The van der Waals surface area contributed by atoms with Crippen LogP contribution in [-0.2, 0) is 11.2 Å². The molecule has 0 bridgehead atoms. The quantitative estimate of drug-likeness (QED) is 0.600. The van der Waals surface area contributed by atoms with Crippen LogP contribution in [-0.4, -0.2) is 40.8 Å². The summed E-state index contributed by atoms with van der Waals surface area (Å²) in [6.45, 7) is 10.8. The van der Waals surface area contributed by atoms with Crippen LogP contribution >= 0.6 is 0 Å². The maximum Gasteiger partial charge on any atom is 0.410 e. The third-order valence-corrected chi connectivity index (χ3v) is 5.97. The van der Waals surface area contributed by atoms with Gasteiger partial charge in [0.15, 0.2) is 0 Å². The average Bonchev–Trinajstić information content (AvgIpc) is 3.15. The molecule has 2 heterocycles. The number of ether oxygens (including phenoxy) is 2. The number of carbonyl (C=O) groups excluding carboxylic acids is 1. The van der Waals surface area contributed by atoms with Crippen LogP contribution in [0.15, 0.2) is 31.1 Å².